The average molecular weight is 323 g/mol. The fraction of sp³-hybridized carbons (Fsp3) is 0.625. The molecule has 2 heterocycles. The number of ether oxygens (including phenoxy) is 1. The van der Waals surface area contributed by atoms with E-state index in [4.69, 9.17) is 4.74 Å². The molecule has 1 saturated heterocycles. The van der Waals surface area contributed by atoms with Crippen molar-refractivity contribution < 1.29 is 9.53 Å². The van der Waals surface area contributed by atoms with Gasteiger partial charge in [0.25, 0.3) is 5.91 Å². The zero-order valence-electron chi connectivity index (χ0n) is 13.6. The molecule has 0 aromatic carbocycles. The first-order valence-electron chi connectivity index (χ1n) is 7.70. The van der Waals surface area contributed by atoms with Gasteiger partial charge in [-0.25, -0.2) is 4.98 Å². The molecule has 1 aromatic rings. The fourth-order valence-electron chi connectivity index (χ4n) is 2.66. The van der Waals surface area contributed by atoms with Crippen LogP contribution < -0.4 is 5.32 Å². The molecular formula is C16H25N3O2S. The van der Waals surface area contributed by atoms with Crippen LogP contribution in [0.15, 0.2) is 23.4 Å². The van der Waals surface area contributed by atoms with Crippen LogP contribution >= 0.6 is 11.8 Å². The number of morpholine rings is 1. The second kappa shape index (κ2) is 7.94. The Balaban J connectivity index is 2.01. The fourth-order valence-corrected chi connectivity index (χ4v) is 3.20. The first kappa shape index (κ1) is 17.2. The summed E-state index contributed by atoms with van der Waals surface area (Å²) in [5.74, 6) is -0.0506. The van der Waals surface area contributed by atoms with Crippen LogP contribution in [0.3, 0.4) is 0 Å². The van der Waals surface area contributed by atoms with Crippen LogP contribution in [-0.2, 0) is 4.74 Å². The summed E-state index contributed by atoms with van der Waals surface area (Å²) in [5.41, 5.74) is 0.608. The maximum atomic E-state index is 12.5. The maximum absolute atomic E-state index is 12.5. The Morgan fingerprint density at radius 3 is 2.86 bits per heavy atom. The van der Waals surface area contributed by atoms with E-state index in [1.165, 1.54) is 11.8 Å². The predicted molar refractivity (Wildman–Crippen MR) is 89.4 cm³/mol. The van der Waals surface area contributed by atoms with Crippen LogP contribution in [-0.4, -0.2) is 60.4 Å². The molecule has 6 heteroatoms. The van der Waals surface area contributed by atoms with Gasteiger partial charge < -0.3 is 10.1 Å². The molecule has 122 valence electrons. The summed E-state index contributed by atoms with van der Waals surface area (Å²) in [4.78, 5) is 19.1. The lowest BCUT2D eigenvalue weighted by Crippen LogP contribution is -2.56. The van der Waals surface area contributed by atoms with Gasteiger partial charge in [-0.15, -0.1) is 11.8 Å². The lowest BCUT2D eigenvalue weighted by molar-refractivity contribution is -0.0169. The number of carbonyl (C=O) groups excluding carboxylic acids is 1. The minimum atomic E-state index is -0.0506. The molecule has 1 aliphatic heterocycles. The van der Waals surface area contributed by atoms with Crippen molar-refractivity contribution in [3.05, 3.63) is 23.9 Å². The number of rotatable bonds is 6. The molecule has 1 aromatic heterocycles. The standard InChI is InChI=1S/C16H25N3O2S/c1-4-16(2,19-8-10-21-11-9-19)12-18-14(20)13-6-5-7-17-15(13)22-3/h5-7H,4,8-12H2,1-3H3,(H,18,20)/t16-/m0/s1. The van der Waals surface area contributed by atoms with Crippen molar-refractivity contribution in [3.8, 4) is 0 Å². The molecule has 1 atom stereocenters. The summed E-state index contributed by atoms with van der Waals surface area (Å²) in [6.45, 7) is 8.37. The number of pyridine rings is 1. The molecule has 0 spiro atoms. The van der Waals surface area contributed by atoms with Gasteiger partial charge in [0.15, 0.2) is 0 Å². The number of hydrogen-bond donors (Lipinski definition) is 1. The predicted octanol–water partition coefficient (Wildman–Crippen LogP) is 2.03. The summed E-state index contributed by atoms with van der Waals surface area (Å²) in [7, 11) is 0. The third-order valence-electron chi connectivity index (χ3n) is 4.38. The Labute approximate surface area is 136 Å². The molecule has 22 heavy (non-hydrogen) atoms. The summed E-state index contributed by atoms with van der Waals surface area (Å²) in [6.07, 6.45) is 4.63. The van der Waals surface area contributed by atoms with Crippen molar-refractivity contribution in [2.75, 3.05) is 39.1 Å². The van der Waals surface area contributed by atoms with E-state index in [1.54, 1.807) is 12.3 Å². The second-order valence-electron chi connectivity index (χ2n) is 5.69. The molecule has 1 aliphatic rings. The van der Waals surface area contributed by atoms with E-state index in [9.17, 15) is 4.79 Å². The topological polar surface area (TPSA) is 54.5 Å². The molecule has 1 amide bonds. The molecule has 0 unspecified atom stereocenters. The van der Waals surface area contributed by atoms with Crippen molar-refractivity contribution >= 4 is 17.7 Å². The number of thioether (sulfide) groups is 1. The summed E-state index contributed by atoms with van der Waals surface area (Å²) in [6, 6.07) is 3.63. The third-order valence-corrected chi connectivity index (χ3v) is 5.09. The van der Waals surface area contributed by atoms with Crippen LogP contribution in [0.1, 0.15) is 30.6 Å². The summed E-state index contributed by atoms with van der Waals surface area (Å²) < 4.78 is 5.42. The Hall–Kier alpha value is -1.11. The van der Waals surface area contributed by atoms with Crippen molar-refractivity contribution in [3.63, 3.8) is 0 Å². The van der Waals surface area contributed by atoms with Crippen LogP contribution in [0.5, 0.6) is 0 Å². The van der Waals surface area contributed by atoms with Gasteiger partial charge >= 0.3 is 0 Å². The smallest absolute Gasteiger partial charge is 0.254 e. The van der Waals surface area contributed by atoms with E-state index in [0.717, 1.165) is 37.8 Å². The summed E-state index contributed by atoms with van der Waals surface area (Å²) in [5, 5.41) is 3.86. The second-order valence-corrected chi connectivity index (χ2v) is 6.49. The van der Waals surface area contributed by atoms with Gasteiger partial charge in [0.05, 0.1) is 18.8 Å². The Morgan fingerprint density at radius 2 is 2.23 bits per heavy atom. The molecule has 1 N–H and O–H groups in total. The largest absolute Gasteiger partial charge is 0.379 e. The molecule has 1 fully saturated rings. The lowest BCUT2D eigenvalue weighted by Gasteiger charge is -2.43. The monoisotopic (exact) mass is 323 g/mol. The minimum Gasteiger partial charge on any atom is -0.379 e. The summed E-state index contributed by atoms with van der Waals surface area (Å²) >= 11 is 1.49. The highest BCUT2D eigenvalue weighted by molar-refractivity contribution is 7.98. The molecule has 0 radical (unpaired) electrons. The zero-order valence-corrected chi connectivity index (χ0v) is 14.4. The van der Waals surface area contributed by atoms with E-state index in [0.29, 0.717) is 12.1 Å². The number of nitrogens with one attached hydrogen (secondary N) is 1. The van der Waals surface area contributed by atoms with E-state index in [-0.39, 0.29) is 11.4 Å². The van der Waals surface area contributed by atoms with Crippen LogP contribution in [0.4, 0.5) is 0 Å². The van der Waals surface area contributed by atoms with Crippen molar-refractivity contribution in [1.29, 1.82) is 0 Å². The van der Waals surface area contributed by atoms with Crippen LogP contribution in [0, 0.1) is 0 Å². The quantitative estimate of drug-likeness (QED) is 0.812. The highest BCUT2D eigenvalue weighted by atomic mass is 32.2. The van der Waals surface area contributed by atoms with E-state index in [2.05, 4.69) is 29.0 Å². The SMILES string of the molecule is CC[C@@](C)(CNC(=O)c1cccnc1SC)N1CCOCC1. The normalized spacial score (nSPS) is 18.7. The highest BCUT2D eigenvalue weighted by Gasteiger charge is 2.31. The maximum Gasteiger partial charge on any atom is 0.254 e. The van der Waals surface area contributed by atoms with Crippen LogP contribution in [0.25, 0.3) is 0 Å². The van der Waals surface area contributed by atoms with Crippen LogP contribution in [0.2, 0.25) is 0 Å². The zero-order chi connectivity index (χ0) is 16.0. The molecule has 5 nitrogen and oxygen atoms in total. The van der Waals surface area contributed by atoms with Gasteiger partial charge in [-0.05, 0) is 31.7 Å². The third kappa shape index (κ3) is 4.00. The average Bonchev–Trinajstić information content (AvgIpc) is 2.60. The van der Waals surface area contributed by atoms with Gasteiger partial charge in [-0.1, -0.05) is 6.92 Å². The number of carbonyl (C=O) groups is 1. The highest BCUT2D eigenvalue weighted by Crippen LogP contribution is 2.21. The number of aromatic nitrogens is 1. The van der Waals surface area contributed by atoms with E-state index < -0.39 is 0 Å². The van der Waals surface area contributed by atoms with Gasteiger partial charge in [-0.2, -0.15) is 0 Å². The number of nitrogens with zero attached hydrogens (tertiary/aromatic N) is 2. The molecular weight excluding hydrogens is 298 g/mol. The van der Waals surface area contributed by atoms with E-state index >= 15 is 0 Å². The molecule has 0 saturated carbocycles. The van der Waals surface area contributed by atoms with Crippen molar-refractivity contribution in [2.45, 2.75) is 30.8 Å². The van der Waals surface area contributed by atoms with Gasteiger partial charge in [0, 0.05) is 31.4 Å². The van der Waals surface area contributed by atoms with Gasteiger partial charge in [-0.3, -0.25) is 9.69 Å². The first-order chi connectivity index (χ1) is 10.6. The first-order valence-corrected chi connectivity index (χ1v) is 8.93. The van der Waals surface area contributed by atoms with Gasteiger partial charge in [0.2, 0.25) is 0 Å². The van der Waals surface area contributed by atoms with E-state index in [1.807, 2.05) is 12.3 Å². The lowest BCUT2D eigenvalue weighted by atomic mass is 9.95. The Morgan fingerprint density at radius 1 is 1.50 bits per heavy atom. The number of amides is 1. The van der Waals surface area contributed by atoms with Crippen molar-refractivity contribution in [1.82, 2.24) is 15.2 Å². The number of hydrogen-bond acceptors (Lipinski definition) is 5. The Kier molecular flexibility index (Phi) is 6.23. The Bertz CT molecular complexity index is 506. The minimum absolute atomic E-state index is 0.0405. The molecule has 0 aliphatic carbocycles. The van der Waals surface area contributed by atoms with Gasteiger partial charge in [0.1, 0.15) is 5.03 Å². The van der Waals surface area contributed by atoms with Crippen molar-refractivity contribution in [2.24, 2.45) is 0 Å². The molecule has 0 bridgehead atoms. The molecule has 2 rings (SSSR count).